The van der Waals surface area contributed by atoms with Gasteiger partial charge in [-0.1, -0.05) is 48.5 Å². The van der Waals surface area contributed by atoms with Crippen molar-refractivity contribution in [1.29, 1.82) is 0 Å². The number of aromatic nitrogens is 1. The van der Waals surface area contributed by atoms with Gasteiger partial charge in [-0.3, -0.25) is 19.3 Å². The van der Waals surface area contributed by atoms with E-state index in [0.29, 0.717) is 11.3 Å². The molecule has 1 saturated heterocycles. The van der Waals surface area contributed by atoms with Crippen molar-refractivity contribution >= 4 is 34.5 Å². The molecular formula is C22H19N3O4. The highest BCUT2D eigenvalue weighted by Gasteiger charge is 2.44. The van der Waals surface area contributed by atoms with Crippen LogP contribution in [-0.4, -0.2) is 51.1 Å². The predicted octanol–water partition coefficient (Wildman–Crippen LogP) is 2.84. The van der Waals surface area contributed by atoms with Crippen molar-refractivity contribution in [1.82, 2.24) is 14.4 Å². The van der Waals surface area contributed by atoms with Gasteiger partial charge in [0.15, 0.2) is 5.78 Å². The molecule has 0 N–H and O–H groups in total. The van der Waals surface area contributed by atoms with Crippen LogP contribution in [-0.2, 0) is 16.6 Å². The maximum Gasteiger partial charge on any atom is 0.334 e. The lowest BCUT2D eigenvalue weighted by Crippen LogP contribution is -2.37. The summed E-state index contributed by atoms with van der Waals surface area (Å²) in [6.45, 7) is 1.21. The number of aryl methyl sites for hydroxylation is 1. The zero-order valence-electron chi connectivity index (χ0n) is 16.1. The van der Waals surface area contributed by atoms with Crippen LogP contribution in [0.4, 0.5) is 4.79 Å². The van der Waals surface area contributed by atoms with Crippen LogP contribution >= 0.6 is 0 Å². The summed E-state index contributed by atoms with van der Waals surface area (Å²) in [5.74, 6) is -2.26. The minimum absolute atomic E-state index is 0.0810. The Balaban J connectivity index is 1.82. The molecule has 1 aliphatic rings. The number of para-hydroxylation sites is 1. The van der Waals surface area contributed by atoms with Crippen molar-refractivity contribution in [3.8, 4) is 11.3 Å². The highest BCUT2D eigenvalue weighted by molar-refractivity contribution is 6.45. The van der Waals surface area contributed by atoms with Gasteiger partial charge in [0.1, 0.15) is 0 Å². The lowest BCUT2D eigenvalue weighted by molar-refractivity contribution is -0.143. The Morgan fingerprint density at radius 3 is 2.14 bits per heavy atom. The first-order valence-corrected chi connectivity index (χ1v) is 9.29. The molecule has 0 unspecified atom stereocenters. The molecule has 7 heteroatoms. The minimum Gasteiger partial charge on any atom is -0.343 e. The number of carbonyl (C=O) groups excluding carboxylic acids is 4. The molecular weight excluding hydrogens is 370 g/mol. The van der Waals surface area contributed by atoms with Gasteiger partial charge >= 0.3 is 17.8 Å². The molecule has 3 aromatic rings. The molecule has 0 aliphatic carbocycles. The highest BCUT2D eigenvalue weighted by Crippen LogP contribution is 2.33. The molecule has 1 aromatic heterocycles. The topological polar surface area (TPSA) is 79.7 Å². The van der Waals surface area contributed by atoms with Crippen LogP contribution in [0.15, 0.2) is 54.6 Å². The van der Waals surface area contributed by atoms with Gasteiger partial charge in [0, 0.05) is 24.5 Å². The van der Waals surface area contributed by atoms with E-state index >= 15 is 0 Å². The first-order valence-electron chi connectivity index (χ1n) is 9.29. The van der Waals surface area contributed by atoms with E-state index in [-0.39, 0.29) is 6.54 Å². The van der Waals surface area contributed by atoms with Crippen LogP contribution in [0.25, 0.3) is 22.2 Å². The van der Waals surface area contributed by atoms with Crippen LogP contribution in [0, 0.1) is 0 Å². The van der Waals surface area contributed by atoms with E-state index in [1.54, 1.807) is 6.92 Å². The Hall–Kier alpha value is -3.74. The number of amides is 4. The third-order valence-electron chi connectivity index (χ3n) is 5.19. The molecule has 1 aliphatic heterocycles. The third kappa shape index (κ3) is 2.82. The van der Waals surface area contributed by atoms with E-state index in [4.69, 9.17) is 0 Å². The number of ketones is 1. The van der Waals surface area contributed by atoms with Gasteiger partial charge in [-0.15, -0.1) is 0 Å². The highest BCUT2D eigenvalue weighted by atomic mass is 16.2. The molecule has 0 saturated carbocycles. The fourth-order valence-corrected chi connectivity index (χ4v) is 3.80. The summed E-state index contributed by atoms with van der Waals surface area (Å²) in [4.78, 5) is 51.5. The van der Waals surface area contributed by atoms with Gasteiger partial charge in [0.05, 0.1) is 17.8 Å². The Morgan fingerprint density at radius 2 is 1.48 bits per heavy atom. The summed E-state index contributed by atoms with van der Waals surface area (Å²) in [6, 6.07) is 16.2. The molecule has 2 heterocycles. The number of benzene rings is 2. The van der Waals surface area contributed by atoms with Crippen LogP contribution in [0.2, 0.25) is 0 Å². The molecule has 7 nitrogen and oxygen atoms in total. The van der Waals surface area contributed by atoms with Crippen molar-refractivity contribution in [3.63, 3.8) is 0 Å². The molecule has 0 spiro atoms. The van der Waals surface area contributed by atoms with Crippen LogP contribution in [0.1, 0.15) is 17.3 Å². The largest absolute Gasteiger partial charge is 0.343 e. The van der Waals surface area contributed by atoms with Crippen molar-refractivity contribution in [2.24, 2.45) is 7.05 Å². The molecule has 4 amide bonds. The van der Waals surface area contributed by atoms with Crippen LogP contribution in [0.5, 0.6) is 0 Å². The summed E-state index contributed by atoms with van der Waals surface area (Å²) in [5, 5.41) is 0.733. The maximum absolute atomic E-state index is 13.3. The summed E-state index contributed by atoms with van der Waals surface area (Å²) < 4.78 is 1.93. The molecule has 29 heavy (non-hydrogen) atoms. The number of rotatable bonds is 5. The average molecular weight is 389 g/mol. The first-order chi connectivity index (χ1) is 14.0. The van der Waals surface area contributed by atoms with Gasteiger partial charge < -0.3 is 4.57 Å². The number of hydrogen-bond donors (Lipinski definition) is 0. The number of imide groups is 2. The van der Waals surface area contributed by atoms with Crippen molar-refractivity contribution in [2.75, 3.05) is 13.1 Å². The molecule has 1 fully saturated rings. The van der Waals surface area contributed by atoms with E-state index in [1.807, 2.05) is 66.2 Å². The lowest BCUT2D eigenvalue weighted by atomic mass is 10.0. The summed E-state index contributed by atoms with van der Waals surface area (Å²) in [7, 11) is 1.87. The standard InChI is InChI=1S/C22H19N3O4/c1-3-24-20(27)21(28)25(22(24)29)13-17(26)18-15-11-7-8-12-16(15)23(2)19(18)14-9-5-4-6-10-14/h4-12H,3,13H2,1-2H3. The monoisotopic (exact) mass is 389 g/mol. The van der Waals surface area contributed by atoms with Gasteiger partial charge in [-0.2, -0.15) is 0 Å². The second kappa shape index (κ2) is 7.01. The van der Waals surface area contributed by atoms with Gasteiger partial charge in [0.2, 0.25) is 0 Å². The van der Waals surface area contributed by atoms with Gasteiger partial charge in [-0.25, -0.2) is 9.69 Å². The zero-order valence-corrected chi connectivity index (χ0v) is 16.1. The molecule has 0 atom stereocenters. The normalized spacial score (nSPS) is 14.3. The number of fused-ring (bicyclic) bond motifs is 1. The second-order valence-corrected chi connectivity index (χ2v) is 6.81. The van der Waals surface area contributed by atoms with E-state index in [1.165, 1.54) is 0 Å². The minimum atomic E-state index is -0.966. The number of nitrogens with zero attached hydrogens (tertiary/aromatic N) is 3. The third-order valence-corrected chi connectivity index (χ3v) is 5.19. The van der Waals surface area contributed by atoms with E-state index in [9.17, 15) is 19.2 Å². The van der Waals surface area contributed by atoms with Crippen molar-refractivity contribution in [2.45, 2.75) is 6.92 Å². The summed E-state index contributed by atoms with van der Waals surface area (Å²) in [5.41, 5.74) is 2.84. The summed E-state index contributed by atoms with van der Waals surface area (Å²) >= 11 is 0. The smallest absolute Gasteiger partial charge is 0.334 e. The van der Waals surface area contributed by atoms with Crippen molar-refractivity contribution < 1.29 is 19.2 Å². The molecule has 4 rings (SSSR count). The lowest BCUT2D eigenvalue weighted by Gasteiger charge is -2.14. The first kappa shape index (κ1) is 18.6. The average Bonchev–Trinajstić information content (AvgIpc) is 3.15. The summed E-state index contributed by atoms with van der Waals surface area (Å²) in [6.07, 6.45) is 0. The number of hydrogen-bond acceptors (Lipinski definition) is 4. The Morgan fingerprint density at radius 1 is 0.862 bits per heavy atom. The predicted molar refractivity (Wildman–Crippen MR) is 107 cm³/mol. The molecule has 146 valence electrons. The number of likely N-dealkylation sites (N-methyl/N-ethyl adjacent to an activating group) is 1. The maximum atomic E-state index is 13.3. The Kier molecular flexibility index (Phi) is 4.50. The Bertz CT molecular complexity index is 1160. The van der Waals surface area contributed by atoms with E-state index < -0.39 is 30.2 Å². The second-order valence-electron chi connectivity index (χ2n) is 6.81. The van der Waals surface area contributed by atoms with E-state index in [2.05, 4.69) is 0 Å². The number of Topliss-reactive ketones (excluding diaryl/α,β-unsaturated/α-hetero) is 1. The van der Waals surface area contributed by atoms with Crippen molar-refractivity contribution in [3.05, 3.63) is 60.2 Å². The van der Waals surface area contributed by atoms with Crippen LogP contribution < -0.4 is 0 Å². The van der Waals surface area contributed by atoms with Gasteiger partial charge in [0.25, 0.3) is 0 Å². The fraction of sp³-hybridized carbons (Fsp3) is 0.182. The fourth-order valence-electron chi connectivity index (χ4n) is 3.80. The Labute approximate surface area is 167 Å². The quantitative estimate of drug-likeness (QED) is 0.382. The molecule has 2 aromatic carbocycles. The van der Waals surface area contributed by atoms with Crippen LogP contribution in [0.3, 0.4) is 0 Å². The SMILES string of the molecule is CCN1C(=O)C(=O)N(CC(=O)c2c(-c3ccccc3)n(C)c3ccccc23)C1=O. The number of carbonyl (C=O) groups is 4. The molecule has 0 bridgehead atoms. The zero-order chi connectivity index (χ0) is 20.7. The van der Waals surface area contributed by atoms with Gasteiger partial charge in [-0.05, 0) is 18.6 Å². The number of urea groups is 1. The molecule has 0 radical (unpaired) electrons. The van der Waals surface area contributed by atoms with E-state index in [0.717, 1.165) is 26.3 Å².